The van der Waals surface area contributed by atoms with Crippen molar-refractivity contribution in [3.8, 4) is 23.1 Å². The number of hydrogen-bond acceptors (Lipinski definition) is 7. The molecule has 7 nitrogen and oxygen atoms in total. The number of benzene rings is 1. The molecule has 1 aliphatic heterocycles. The molecule has 4 aromatic rings. The molecule has 0 spiro atoms. The van der Waals surface area contributed by atoms with E-state index in [0.29, 0.717) is 33.8 Å². The van der Waals surface area contributed by atoms with Gasteiger partial charge in [-0.3, -0.25) is 4.98 Å². The molecule has 1 saturated heterocycles. The molecular formula is C35H34Cl2N4O3. The predicted molar refractivity (Wildman–Crippen MR) is 171 cm³/mol. The van der Waals surface area contributed by atoms with Crippen LogP contribution in [0.5, 0.6) is 0 Å². The van der Waals surface area contributed by atoms with Crippen molar-refractivity contribution >= 4 is 39.8 Å². The standard InChI is InChI=1S/C35H34Cl2N4O3/c36-28-20-38-21-29(37)30(28)31-27(32(44-40-31)25-3-4-25)22-43-35-11-8-34(9-12-35,10-13-35)7-5-23-1-2-24-6-14-39-33(26(24)19-23)41-15-17-42-18-16-41/h1-2,6,14,19-21,25H,3-4,8-13,15-18,22H2. The molecule has 2 bridgehead atoms. The summed E-state index contributed by atoms with van der Waals surface area (Å²) in [6.45, 7) is 3.64. The molecule has 0 atom stereocenters. The van der Waals surface area contributed by atoms with E-state index in [0.717, 1.165) is 106 Å². The van der Waals surface area contributed by atoms with E-state index in [4.69, 9.17) is 42.2 Å². The molecule has 4 aliphatic carbocycles. The zero-order chi connectivity index (χ0) is 29.7. The van der Waals surface area contributed by atoms with Crippen LogP contribution in [0.2, 0.25) is 10.0 Å². The zero-order valence-corrected chi connectivity index (χ0v) is 26.1. The number of rotatable bonds is 6. The predicted octanol–water partition coefficient (Wildman–Crippen LogP) is 7.97. The quantitative estimate of drug-likeness (QED) is 0.200. The van der Waals surface area contributed by atoms with Crippen LogP contribution in [0.15, 0.2) is 47.4 Å². The Morgan fingerprint density at radius 2 is 1.73 bits per heavy atom. The van der Waals surface area contributed by atoms with E-state index in [9.17, 15) is 0 Å². The van der Waals surface area contributed by atoms with E-state index >= 15 is 0 Å². The highest BCUT2D eigenvalue weighted by Crippen LogP contribution is 2.54. The number of fused-ring (bicyclic) bond motifs is 4. The van der Waals surface area contributed by atoms with Gasteiger partial charge in [0.15, 0.2) is 0 Å². The van der Waals surface area contributed by atoms with Crippen molar-refractivity contribution in [1.29, 1.82) is 0 Å². The Morgan fingerprint density at radius 3 is 2.45 bits per heavy atom. The number of hydrogen-bond donors (Lipinski definition) is 0. The van der Waals surface area contributed by atoms with Gasteiger partial charge in [0.2, 0.25) is 0 Å². The molecule has 44 heavy (non-hydrogen) atoms. The van der Waals surface area contributed by atoms with Crippen molar-refractivity contribution in [3.05, 3.63) is 69.8 Å². The van der Waals surface area contributed by atoms with Gasteiger partial charge in [0.05, 0.1) is 35.5 Å². The van der Waals surface area contributed by atoms with Crippen LogP contribution in [-0.2, 0) is 16.1 Å². The molecule has 0 amide bonds. The van der Waals surface area contributed by atoms with E-state index in [-0.39, 0.29) is 11.0 Å². The molecule has 3 aromatic heterocycles. The second-order valence-electron chi connectivity index (χ2n) is 12.8. The van der Waals surface area contributed by atoms with Crippen molar-refractivity contribution < 1.29 is 14.0 Å². The summed E-state index contributed by atoms with van der Waals surface area (Å²) in [6.07, 6.45) is 13.4. The van der Waals surface area contributed by atoms with Gasteiger partial charge >= 0.3 is 0 Å². The molecular weight excluding hydrogens is 595 g/mol. The maximum Gasteiger partial charge on any atom is 0.145 e. The van der Waals surface area contributed by atoms with Gasteiger partial charge in [-0.15, -0.1) is 0 Å². The summed E-state index contributed by atoms with van der Waals surface area (Å²) in [5.41, 5.74) is 3.26. The van der Waals surface area contributed by atoms with Crippen LogP contribution in [0.4, 0.5) is 5.82 Å². The average Bonchev–Trinajstić information content (AvgIpc) is 3.83. The summed E-state index contributed by atoms with van der Waals surface area (Å²) in [7, 11) is 0. The van der Waals surface area contributed by atoms with Gasteiger partial charge in [0.25, 0.3) is 0 Å². The Hall–Kier alpha value is -3.15. The lowest BCUT2D eigenvalue weighted by Gasteiger charge is -2.51. The molecule has 0 radical (unpaired) electrons. The molecule has 5 fully saturated rings. The van der Waals surface area contributed by atoms with Gasteiger partial charge < -0.3 is 18.9 Å². The van der Waals surface area contributed by atoms with Crippen molar-refractivity contribution in [2.75, 3.05) is 31.2 Å². The maximum absolute atomic E-state index is 6.82. The number of ether oxygens (including phenoxy) is 2. The van der Waals surface area contributed by atoms with Crippen molar-refractivity contribution in [1.82, 2.24) is 15.1 Å². The third kappa shape index (κ3) is 5.26. The highest BCUT2D eigenvalue weighted by Gasteiger charge is 2.49. The number of nitrogens with zero attached hydrogens (tertiary/aromatic N) is 4. The van der Waals surface area contributed by atoms with Crippen molar-refractivity contribution in [2.24, 2.45) is 5.41 Å². The van der Waals surface area contributed by atoms with Crippen LogP contribution in [-0.4, -0.2) is 47.0 Å². The summed E-state index contributed by atoms with van der Waals surface area (Å²) >= 11 is 13.0. The SMILES string of the molecule is Clc1cncc(Cl)c1-c1noc(C2CC2)c1COC12CCC(C#Cc3ccc4ccnc(N5CCOCC5)c4c3)(CC1)CC2. The molecule has 226 valence electrons. The second kappa shape index (κ2) is 11.3. The van der Waals surface area contributed by atoms with Crippen LogP contribution in [0, 0.1) is 17.3 Å². The normalized spacial score (nSPS) is 24.8. The monoisotopic (exact) mass is 628 g/mol. The summed E-state index contributed by atoms with van der Waals surface area (Å²) in [6, 6.07) is 8.60. The van der Waals surface area contributed by atoms with Gasteiger partial charge in [0, 0.05) is 65.1 Å². The van der Waals surface area contributed by atoms with Crippen LogP contribution in [0.3, 0.4) is 0 Å². The molecule has 9 rings (SSSR count). The first-order valence-corrected chi connectivity index (χ1v) is 16.4. The Labute approximate surface area is 267 Å². The third-order valence-corrected chi connectivity index (χ3v) is 10.7. The first kappa shape index (κ1) is 28.3. The summed E-state index contributed by atoms with van der Waals surface area (Å²) < 4.78 is 18.2. The third-order valence-electron chi connectivity index (χ3n) is 10.1. The van der Waals surface area contributed by atoms with Gasteiger partial charge in [-0.2, -0.15) is 0 Å². The second-order valence-corrected chi connectivity index (χ2v) is 13.6. The molecule has 0 N–H and O–H groups in total. The van der Waals surface area contributed by atoms with Crippen LogP contribution >= 0.6 is 23.2 Å². The molecule has 9 heteroatoms. The first-order valence-electron chi connectivity index (χ1n) is 15.7. The van der Waals surface area contributed by atoms with E-state index in [1.807, 2.05) is 6.20 Å². The Morgan fingerprint density at radius 1 is 0.977 bits per heavy atom. The fourth-order valence-corrected chi connectivity index (χ4v) is 7.75. The minimum absolute atomic E-state index is 0.0433. The van der Waals surface area contributed by atoms with Gasteiger partial charge in [-0.05, 0) is 75.0 Å². The Balaban J connectivity index is 0.989. The lowest BCUT2D eigenvalue weighted by molar-refractivity contribution is -0.131. The van der Waals surface area contributed by atoms with Crippen molar-refractivity contribution in [3.63, 3.8) is 0 Å². The number of halogens is 2. The summed E-state index contributed by atoms with van der Waals surface area (Å²) in [5, 5.41) is 7.70. The number of morpholine rings is 1. The van der Waals surface area contributed by atoms with Gasteiger partial charge in [0.1, 0.15) is 17.3 Å². The van der Waals surface area contributed by atoms with Crippen molar-refractivity contribution in [2.45, 2.75) is 69.5 Å². The Bertz CT molecular complexity index is 1740. The van der Waals surface area contributed by atoms with E-state index < -0.39 is 0 Å². The number of aromatic nitrogens is 3. The lowest BCUT2D eigenvalue weighted by Crippen LogP contribution is -2.47. The molecule has 4 saturated carbocycles. The minimum Gasteiger partial charge on any atom is -0.378 e. The summed E-state index contributed by atoms with van der Waals surface area (Å²) in [4.78, 5) is 11.2. The van der Waals surface area contributed by atoms with E-state index in [1.54, 1.807) is 12.4 Å². The smallest absolute Gasteiger partial charge is 0.145 e. The largest absolute Gasteiger partial charge is 0.378 e. The molecule has 0 unspecified atom stereocenters. The number of pyridine rings is 2. The topological polar surface area (TPSA) is 73.5 Å². The lowest BCUT2D eigenvalue weighted by atomic mass is 9.59. The fourth-order valence-electron chi connectivity index (χ4n) is 7.20. The highest BCUT2D eigenvalue weighted by molar-refractivity contribution is 6.38. The molecule has 4 heterocycles. The molecule has 5 aliphatic rings. The fraction of sp³-hybridized carbons (Fsp3) is 0.457. The molecule has 1 aromatic carbocycles. The number of anilines is 1. The first-order chi connectivity index (χ1) is 21.5. The Kier molecular flexibility index (Phi) is 7.30. The zero-order valence-electron chi connectivity index (χ0n) is 24.6. The maximum atomic E-state index is 6.82. The van der Waals surface area contributed by atoms with E-state index in [1.165, 1.54) is 5.39 Å². The van der Waals surface area contributed by atoms with Gasteiger partial charge in [-0.1, -0.05) is 46.3 Å². The van der Waals surface area contributed by atoms with Gasteiger partial charge in [-0.25, -0.2) is 4.98 Å². The minimum atomic E-state index is -0.147. The summed E-state index contributed by atoms with van der Waals surface area (Å²) in [5.74, 6) is 9.65. The average molecular weight is 630 g/mol. The van der Waals surface area contributed by atoms with Crippen LogP contribution in [0.1, 0.15) is 74.2 Å². The van der Waals surface area contributed by atoms with Crippen LogP contribution < -0.4 is 4.90 Å². The van der Waals surface area contributed by atoms with Crippen LogP contribution in [0.25, 0.3) is 22.0 Å². The van der Waals surface area contributed by atoms with E-state index in [2.05, 4.69) is 51.1 Å². The highest BCUT2D eigenvalue weighted by atomic mass is 35.5.